The molecule has 4 nitrogen and oxygen atoms in total. The summed E-state index contributed by atoms with van der Waals surface area (Å²) in [6.45, 7) is 0. The number of carbonyl (C=O) groups excluding carboxylic acids is 2. The van der Waals surface area contributed by atoms with Crippen LogP contribution in [0, 0.1) is 0 Å². The molecule has 0 saturated heterocycles. The number of anilines is 1. The Labute approximate surface area is 123 Å². The minimum atomic E-state index is -0.319. The van der Waals surface area contributed by atoms with E-state index in [4.69, 9.17) is 11.6 Å². The van der Waals surface area contributed by atoms with E-state index in [0.717, 1.165) is 25.7 Å². The molecule has 0 atom stereocenters. The summed E-state index contributed by atoms with van der Waals surface area (Å²) in [5.41, 5.74) is 0.605. The maximum absolute atomic E-state index is 11.8. The minimum absolute atomic E-state index is 0.150. The first-order chi connectivity index (χ1) is 9.63. The van der Waals surface area contributed by atoms with Crippen molar-refractivity contribution in [3.05, 3.63) is 29.3 Å². The average Bonchev–Trinajstić information content (AvgIpc) is 2.39. The maximum Gasteiger partial charge on any atom is 0.233 e. The number of hydrogen-bond acceptors (Lipinski definition) is 2. The molecule has 2 rings (SSSR count). The van der Waals surface area contributed by atoms with Gasteiger partial charge in [-0.2, -0.15) is 0 Å². The van der Waals surface area contributed by atoms with Crippen molar-refractivity contribution in [2.24, 2.45) is 0 Å². The van der Waals surface area contributed by atoms with Crippen LogP contribution in [0.25, 0.3) is 0 Å². The molecule has 1 aromatic carbocycles. The van der Waals surface area contributed by atoms with Crippen molar-refractivity contribution in [2.75, 3.05) is 5.32 Å². The van der Waals surface area contributed by atoms with Crippen LogP contribution in [0.3, 0.4) is 0 Å². The fraction of sp³-hybridized carbons (Fsp3) is 0.467. The Balaban J connectivity index is 1.77. The topological polar surface area (TPSA) is 58.2 Å². The number of nitrogens with one attached hydrogen (secondary N) is 2. The number of amides is 2. The largest absolute Gasteiger partial charge is 0.353 e. The van der Waals surface area contributed by atoms with Crippen LogP contribution in [0.15, 0.2) is 24.3 Å². The number of rotatable bonds is 4. The summed E-state index contributed by atoms with van der Waals surface area (Å²) in [5, 5.41) is 6.14. The average molecular weight is 295 g/mol. The van der Waals surface area contributed by atoms with Crippen LogP contribution >= 0.6 is 11.6 Å². The lowest BCUT2D eigenvalue weighted by atomic mass is 9.95. The van der Waals surface area contributed by atoms with Crippen molar-refractivity contribution in [2.45, 2.75) is 44.6 Å². The summed E-state index contributed by atoms with van der Waals surface area (Å²) in [7, 11) is 0. The Kier molecular flexibility index (Phi) is 5.41. The molecule has 0 aliphatic heterocycles. The summed E-state index contributed by atoms with van der Waals surface area (Å²) >= 11 is 5.83. The molecular formula is C15H19ClN2O2. The Morgan fingerprint density at radius 1 is 1.15 bits per heavy atom. The van der Waals surface area contributed by atoms with Gasteiger partial charge >= 0.3 is 0 Å². The normalized spacial score (nSPS) is 15.7. The molecule has 0 radical (unpaired) electrons. The van der Waals surface area contributed by atoms with Gasteiger partial charge in [0.25, 0.3) is 0 Å². The van der Waals surface area contributed by atoms with Crippen LogP contribution in [0.4, 0.5) is 5.69 Å². The van der Waals surface area contributed by atoms with Crippen LogP contribution in [0.1, 0.15) is 38.5 Å². The molecule has 1 aliphatic carbocycles. The van der Waals surface area contributed by atoms with Crippen molar-refractivity contribution in [3.63, 3.8) is 0 Å². The molecule has 0 unspecified atom stereocenters. The molecule has 108 valence electrons. The van der Waals surface area contributed by atoms with Crippen molar-refractivity contribution < 1.29 is 9.59 Å². The van der Waals surface area contributed by atoms with Crippen molar-refractivity contribution in [1.29, 1.82) is 0 Å². The van der Waals surface area contributed by atoms with Crippen molar-refractivity contribution in [3.8, 4) is 0 Å². The van der Waals surface area contributed by atoms with E-state index in [1.165, 1.54) is 6.42 Å². The van der Waals surface area contributed by atoms with Gasteiger partial charge in [-0.25, -0.2) is 0 Å². The van der Waals surface area contributed by atoms with E-state index >= 15 is 0 Å². The van der Waals surface area contributed by atoms with E-state index in [1.54, 1.807) is 24.3 Å². The third-order valence-corrected chi connectivity index (χ3v) is 3.63. The standard InChI is InChI=1S/C15H19ClN2O2/c16-11-5-4-8-13(9-11)18-15(20)10-14(19)17-12-6-2-1-3-7-12/h4-5,8-9,12H,1-3,6-7,10H2,(H,17,19)(H,18,20). The predicted molar refractivity (Wildman–Crippen MR) is 79.7 cm³/mol. The molecule has 0 bridgehead atoms. The fourth-order valence-electron chi connectivity index (χ4n) is 2.44. The second-order valence-electron chi connectivity index (χ2n) is 5.14. The highest BCUT2D eigenvalue weighted by atomic mass is 35.5. The van der Waals surface area contributed by atoms with Gasteiger partial charge in [0.1, 0.15) is 6.42 Å². The second kappa shape index (κ2) is 7.29. The first-order valence-corrected chi connectivity index (χ1v) is 7.36. The third-order valence-electron chi connectivity index (χ3n) is 3.40. The fourth-order valence-corrected chi connectivity index (χ4v) is 2.63. The summed E-state index contributed by atoms with van der Waals surface area (Å²) in [6.07, 6.45) is 5.42. The van der Waals surface area contributed by atoms with E-state index in [9.17, 15) is 9.59 Å². The predicted octanol–water partition coefficient (Wildman–Crippen LogP) is 3.12. The quantitative estimate of drug-likeness (QED) is 0.838. The van der Waals surface area contributed by atoms with Crippen LogP contribution in [0.5, 0.6) is 0 Å². The van der Waals surface area contributed by atoms with Gasteiger partial charge in [-0.15, -0.1) is 0 Å². The second-order valence-corrected chi connectivity index (χ2v) is 5.57. The first kappa shape index (κ1) is 14.9. The van der Waals surface area contributed by atoms with Crippen LogP contribution in [-0.2, 0) is 9.59 Å². The van der Waals surface area contributed by atoms with Gasteiger partial charge in [-0.05, 0) is 31.0 Å². The molecule has 1 aliphatic rings. The summed E-state index contributed by atoms with van der Waals surface area (Å²) in [4.78, 5) is 23.5. The molecule has 1 aromatic rings. The highest BCUT2D eigenvalue weighted by molar-refractivity contribution is 6.30. The molecule has 0 heterocycles. The molecule has 5 heteroatoms. The number of benzene rings is 1. The Morgan fingerprint density at radius 2 is 1.90 bits per heavy atom. The van der Waals surface area contributed by atoms with Gasteiger partial charge < -0.3 is 10.6 Å². The van der Waals surface area contributed by atoms with E-state index in [0.29, 0.717) is 10.7 Å². The zero-order chi connectivity index (χ0) is 14.4. The molecule has 0 spiro atoms. The van der Waals surface area contributed by atoms with Crippen LogP contribution in [-0.4, -0.2) is 17.9 Å². The first-order valence-electron chi connectivity index (χ1n) is 6.98. The zero-order valence-corrected chi connectivity index (χ0v) is 12.1. The highest BCUT2D eigenvalue weighted by Crippen LogP contribution is 2.18. The molecular weight excluding hydrogens is 276 g/mol. The van der Waals surface area contributed by atoms with Gasteiger partial charge in [0.2, 0.25) is 11.8 Å². The van der Waals surface area contributed by atoms with Crippen LogP contribution < -0.4 is 10.6 Å². The van der Waals surface area contributed by atoms with Crippen molar-refractivity contribution >= 4 is 29.1 Å². The van der Waals surface area contributed by atoms with E-state index in [1.807, 2.05) is 0 Å². The summed E-state index contributed by atoms with van der Waals surface area (Å²) in [6, 6.07) is 7.10. The maximum atomic E-state index is 11.8. The van der Waals surface area contributed by atoms with Gasteiger partial charge in [0.15, 0.2) is 0 Å². The molecule has 1 saturated carbocycles. The van der Waals surface area contributed by atoms with Gasteiger partial charge in [0, 0.05) is 16.8 Å². The summed E-state index contributed by atoms with van der Waals surface area (Å²) < 4.78 is 0. The lowest BCUT2D eigenvalue weighted by Crippen LogP contribution is -2.37. The summed E-state index contributed by atoms with van der Waals surface area (Å²) in [5.74, 6) is -0.531. The molecule has 2 N–H and O–H groups in total. The number of halogens is 1. The Bertz CT molecular complexity index is 485. The van der Waals surface area contributed by atoms with E-state index < -0.39 is 0 Å². The lowest BCUT2D eigenvalue weighted by Gasteiger charge is -2.22. The smallest absolute Gasteiger partial charge is 0.233 e. The number of hydrogen-bond donors (Lipinski definition) is 2. The monoisotopic (exact) mass is 294 g/mol. The SMILES string of the molecule is O=C(CC(=O)NC1CCCCC1)Nc1cccc(Cl)c1. The lowest BCUT2D eigenvalue weighted by molar-refractivity contribution is -0.127. The molecule has 0 aromatic heterocycles. The Morgan fingerprint density at radius 3 is 2.60 bits per heavy atom. The van der Waals surface area contributed by atoms with Gasteiger partial charge in [-0.1, -0.05) is 36.9 Å². The molecule has 2 amide bonds. The van der Waals surface area contributed by atoms with E-state index in [2.05, 4.69) is 10.6 Å². The Hall–Kier alpha value is -1.55. The molecule has 20 heavy (non-hydrogen) atoms. The molecule has 1 fully saturated rings. The van der Waals surface area contributed by atoms with E-state index in [-0.39, 0.29) is 24.3 Å². The minimum Gasteiger partial charge on any atom is -0.353 e. The highest BCUT2D eigenvalue weighted by Gasteiger charge is 2.17. The van der Waals surface area contributed by atoms with Gasteiger partial charge in [0.05, 0.1) is 0 Å². The number of carbonyl (C=O) groups is 2. The van der Waals surface area contributed by atoms with Crippen molar-refractivity contribution in [1.82, 2.24) is 5.32 Å². The van der Waals surface area contributed by atoms with Gasteiger partial charge in [-0.3, -0.25) is 9.59 Å². The third kappa shape index (κ3) is 4.85. The zero-order valence-electron chi connectivity index (χ0n) is 11.3. The van der Waals surface area contributed by atoms with Crippen LogP contribution in [0.2, 0.25) is 5.02 Å².